The number of thioether (sulfide) groups is 1. The lowest BCUT2D eigenvalue weighted by Crippen LogP contribution is -2.18. The van der Waals surface area contributed by atoms with E-state index in [2.05, 4.69) is 15.8 Å². The average molecular weight is 433 g/mol. The van der Waals surface area contributed by atoms with Gasteiger partial charge in [-0.05, 0) is 43.5 Å². The second-order valence-electron chi connectivity index (χ2n) is 6.11. The van der Waals surface area contributed by atoms with E-state index in [0.717, 1.165) is 28.3 Å². The topological polar surface area (TPSA) is 62.1 Å². The number of hydrogen-bond donors (Lipinski definition) is 0. The number of aryl methyl sites for hydroxylation is 1. The van der Waals surface area contributed by atoms with Crippen molar-refractivity contribution < 1.29 is 19.0 Å². The van der Waals surface area contributed by atoms with Crippen molar-refractivity contribution in [3.05, 3.63) is 46.8 Å². The van der Waals surface area contributed by atoms with Crippen molar-refractivity contribution in [1.29, 1.82) is 0 Å². The molecule has 1 aromatic heterocycles. The number of carbonyl (C=O) groups is 1. The Balaban J connectivity index is 2.09. The molecule has 154 valence electrons. The quantitative estimate of drug-likeness (QED) is 0.533. The van der Waals surface area contributed by atoms with Crippen LogP contribution in [0.2, 0.25) is 0 Å². The monoisotopic (exact) mass is 432 g/mol. The number of methoxy groups -OCH3 is 2. The van der Waals surface area contributed by atoms with Crippen molar-refractivity contribution in [3.8, 4) is 17.2 Å². The number of amides is 1. The summed E-state index contributed by atoms with van der Waals surface area (Å²) >= 11 is 3.23. The van der Waals surface area contributed by atoms with Gasteiger partial charge in [-0.15, -0.1) is 0 Å². The average Bonchev–Trinajstić information content (AvgIpc) is 3.07. The van der Waals surface area contributed by atoms with Crippen LogP contribution in [0, 0.1) is 0 Å². The van der Waals surface area contributed by atoms with Crippen LogP contribution in [0.1, 0.15) is 17.3 Å². The first kappa shape index (κ1) is 21.3. The van der Waals surface area contributed by atoms with E-state index in [1.807, 2.05) is 25.1 Å². The minimum atomic E-state index is -0.336. The number of fused-ring (bicyclic) bond motifs is 1. The smallest absolute Gasteiger partial charge is 0.279 e. The first-order valence-electron chi connectivity index (χ1n) is 9.16. The van der Waals surface area contributed by atoms with Crippen LogP contribution < -0.4 is 19.0 Å². The van der Waals surface area contributed by atoms with Gasteiger partial charge < -0.3 is 18.8 Å². The summed E-state index contributed by atoms with van der Waals surface area (Å²) in [4.78, 5) is 18.0. The minimum absolute atomic E-state index is 0.336. The van der Waals surface area contributed by atoms with E-state index in [4.69, 9.17) is 14.2 Å². The number of aromatic nitrogens is 1. The molecule has 0 saturated heterocycles. The van der Waals surface area contributed by atoms with Crippen LogP contribution in [0.3, 0.4) is 0 Å². The maximum Gasteiger partial charge on any atom is 0.279 e. The number of carbonyl (C=O) groups excluding carboxylic acids is 1. The number of benzene rings is 2. The molecule has 0 fully saturated rings. The second-order valence-corrected chi connectivity index (χ2v) is 8.10. The largest absolute Gasteiger partial charge is 0.497 e. The molecule has 29 heavy (non-hydrogen) atoms. The second kappa shape index (κ2) is 9.84. The zero-order valence-corrected chi connectivity index (χ0v) is 18.6. The SMILES string of the molecule is CCOc1ccc2c(c1)sc(=NC(=O)c1cc(OC)cc(OC)c1)n2CCSC. The summed E-state index contributed by atoms with van der Waals surface area (Å²) in [6.45, 7) is 3.33. The van der Waals surface area contributed by atoms with Crippen molar-refractivity contribution in [2.75, 3.05) is 32.8 Å². The van der Waals surface area contributed by atoms with Gasteiger partial charge in [-0.3, -0.25) is 4.79 Å². The molecule has 0 radical (unpaired) electrons. The van der Waals surface area contributed by atoms with Crippen LogP contribution in [0.5, 0.6) is 17.2 Å². The Hall–Kier alpha value is -2.45. The molecule has 0 N–H and O–H groups in total. The first-order valence-corrected chi connectivity index (χ1v) is 11.4. The summed E-state index contributed by atoms with van der Waals surface area (Å²) < 4.78 is 19.3. The Labute approximate surface area is 178 Å². The summed E-state index contributed by atoms with van der Waals surface area (Å²) in [5.41, 5.74) is 1.47. The van der Waals surface area contributed by atoms with Gasteiger partial charge in [0, 0.05) is 23.9 Å². The van der Waals surface area contributed by atoms with Gasteiger partial charge in [0.05, 0.1) is 31.0 Å². The molecule has 1 amide bonds. The van der Waals surface area contributed by atoms with Crippen molar-refractivity contribution in [2.24, 2.45) is 4.99 Å². The molecule has 6 nitrogen and oxygen atoms in total. The van der Waals surface area contributed by atoms with Crippen LogP contribution in [0.4, 0.5) is 0 Å². The predicted octanol–water partition coefficient (Wildman–Crippen LogP) is 4.22. The van der Waals surface area contributed by atoms with Gasteiger partial charge in [-0.1, -0.05) is 11.3 Å². The lowest BCUT2D eigenvalue weighted by atomic mass is 10.2. The molecule has 0 aliphatic carbocycles. The number of nitrogens with zero attached hydrogens (tertiary/aromatic N) is 2. The Morgan fingerprint density at radius 3 is 2.45 bits per heavy atom. The van der Waals surface area contributed by atoms with Crippen molar-refractivity contribution >= 4 is 39.2 Å². The van der Waals surface area contributed by atoms with E-state index < -0.39 is 0 Å². The normalized spacial score (nSPS) is 11.7. The molecular formula is C21H24N2O4S2. The van der Waals surface area contributed by atoms with Crippen LogP contribution in [0.25, 0.3) is 10.2 Å². The summed E-state index contributed by atoms with van der Waals surface area (Å²) in [5.74, 6) is 2.50. The molecule has 0 saturated carbocycles. The van der Waals surface area contributed by atoms with Gasteiger partial charge in [0.1, 0.15) is 17.2 Å². The van der Waals surface area contributed by atoms with Gasteiger partial charge in [0.15, 0.2) is 4.80 Å². The van der Waals surface area contributed by atoms with E-state index in [0.29, 0.717) is 28.5 Å². The summed E-state index contributed by atoms with van der Waals surface area (Å²) in [5, 5.41) is 0. The van der Waals surface area contributed by atoms with E-state index in [1.54, 1.807) is 44.2 Å². The molecule has 2 aromatic carbocycles. The fraction of sp³-hybridized carbons (Fsp3) is 0.333. The molecule has 0 aliphatic rings. The van der Waals surface area contributed by atoms with Gasteiger partial charge in [-0.2, -0.15) is 16.8 Å². The van der Waals surface area contributed by atoms with Crippen molar-refractivity contribution in [2.45, 2.75) is 13.5 Å². The molecule has 0 atom stereocenters. The highest BCUT2D eigenvalue weighted by Gasteiger charge is 2.12. The van der Waals surface area contributed by atoms with Crippen molar-refractivity contribution in [1.82, 2.24) is 4.57 Å². The highest BCUT2D eigenvalue weighted by Crippen LogP contribution is 2.25. The van der Waals surface area contributed by atoms with Crippen LogP contribution in [0.15, 0.2) is 41.4 Å². The van der Waals surface area contributed by atoms with Gasteiger partial charge in [0.2, 0.25) is 0 Å². The zero-order valence-electron chi connectivity index (χ0n) is 16.9. The minimum Gasteiger partial charge on any atom is -0.497 e. The van der Waals surface area contributed by atoms with E-state index in [-0.39, 0.29) is 5.91 Å². The van der Waals surface area contributed by atoms with Gasteiger partial charge in [-0.25, -0.2) is 0 Å². The molecule has 3 rings (SSSR count). The number of rotatable bonds is 8. The molecule has 0 unspecified atom stereocenters. The highest BCUT2D eigenvalue weighted by molar-refractivity contribution is 7.98. The Morgan fingerprint density at radius 2 is 1.83 bits per heavy atom. The fourth-order valence-electron chi connectivity index (χ4n) is 2.88. The molecule has 1 heterocycles. The fourth-order valence-corrected chi connectivity index (χ4v) is 4.32. The Morgan fingerprint density at radius 1 is 1.10 bits per heavy atom. The van der Waals surface area contributed by atoms with Crippen LogP contribution >= 0.6 is 23.1 Å². The van der Waals surface area contributed by atoms with E-state index >= 15 is 0 Å². The third-order valence-electron chi connectivity index (χ3n) is 4.28. The summed E-state index contributed by atoms with van der Waals surface area (Å²) in [6, 6.07) is 11.0. The molecule has 0 bridgehead atoms. The van der Waals surface area contributed by atoms with E-state index in [9.17, 15) is 4.79 Å². The van der Waals surface area contributed by atoms with Gasteiger partial charge in [0.25, 0.3) is 5.91 Å². The Bertz CT molecular complexity index is 1050. The summed E-state index contributed by atoms with van der Waals surface area (Å²) in [7, 11) is 3.11. The van der Waals surface area contributed by atoms with Gasteiger partial charge >= 0.3 is 0 Å². The molecule has 8 heteroatoms. The summed E-state index contributed by atoms with van der Waals surface area (Å²) in [6.07, 6.45) is 2.06. The molecular weight excluding hydrogens is 408 g/mol. The molecule has 0 aliphatic heterocycles. The van der Waals surface area contributed by atoms with E-state index in [1.165, 1.54) is 11.3 Å². The van der Waals surface area contributed by atoms with Crippen LogP contribution in [-0.4, -0.2) is 43.3 Å². The number of thiazole rings is 1. The zero-order chi connectivity index (χ0) is 20.8. The standard InChI is InChI=1S/C21H24N2O4S2/c1-5-27-15-6-7-18-19(13-15)29-21(23(18)8-9-28-4)22-20(24)14-10-16(25-2)12-17(11-14)26-3/h6-7,10-13H,5,8-9H2,1-4H3. The third-order valence-corrected chi connectivity index (χ3v) is 5.91. The molecule has 0 spiro atoms. The maximum atomic E-state index is 12.9. The lowest BCUT2D eigenvalue weighted by molar-refractivity contribution is 0.0997. The lowest BCUT2D eigenvalue weighted by Gasteiger charge is -2.07. The predicted molar refractivity (Wildman–Crippen MR) is 119 cm³/mol. The maximum absolute atomic E-state index is 12.9. The highest BCUT2D eigenvalue weighted by atomic mass is 32.2. The molecule has 3 aromatic rings. The number of ether oxygens (including phenoxy) is 3. The Kier molecular flexibility index (Phi) is 7.22. The van der Waals surface area contributed by atoms with Crippen LogP contribution in [-0.2, 0) is 6.54 Å². The third kappa shape index (κ3) is 4.94. The first-order chi connectivity index (χ1) is 14.1. The van der Waals surface area contributed by atoms with Crippen molar-refractivity contribution in [3.63, 3.8) is 0 Å². The number of hydrogen-bond acceptors (Lipinski definition) is 6.